The number of aliphatic hydroxyl groups excluding tert-OH is 1. The summed E-state index contributed by atoms with van der Waals surface area (Å²) in [6, 6.07) is 8.70. The van der Waals surface area contributed by atoms with Gasteiger partial charge in [-0.1, -0.05) is 24.3 Å². The largest absolute Gasteiger partial charge is 0.444 e. The number of aromatic nitrogens is 3. The third-order valence-electron chi connectivity index (χ3n) is 8.54. The van der Waals surface area contributed by atoms with Crippen molar-refractivity contribution in [3.8, 4) is 11.1 Å². The van der Waals surface area contributed by atoms with Crippen LogP contribution < -0.4 is 5.32 Å². The van der Waals surface area contributed by atoms with Gasteiger partial charge in [0.15, 0.2) is 0 Å². The van der Waals surface area contributed by atoms with Crippen LogP contribution in [0, 0.1) is 0 Å². The molecule has 1 saturated carbocycles. The molecule has 1 saturated heterocycles. The van der Waals surface area contributed by atoms with E-state index in [1.54, 1.807) is 11.1 Å². The van der Waals surface area contributed by atoms with Crippen molar-refractivity contribution in [1.82, 2.24) is 24.3 Å². The number of ether oxygens (including phenoxy) is 1. The number of carbonyl (C=O) groups is 1. The van der Waals surface area contributed by atoms with E-state index in [0.29, 0.717) is 31.6 Å². The summed E-state index contributed by atoms with van der Waals surface area (Å²) in [5.74, 6) is 0.166. The van der Waals surface area contributed by atoms with Gasteiger partial charge < -0.3 is 24.6 Å². The smallest absolute Gasteiger partial charge is 0.410 e. The van der Waals surface area contributed by atoms with Crippen LogP contribution in [0.3, 0.4) is 0 Å². The summed E-state index contributed by atoms with van der Waals surface area (Å²) in [5.41, 5.74) is 3.27. The van der Waals surface area contributed by atoms with Gasteiger partial charge in [0.25, 0.3) is 0 Å². The van der Waals surface area contributed by atoms with E-state index in [0.717, 1.165) is 48.0 Å². The van der Waals surface area contributed by atoms with Crippen molar-refractivity contribution < 1.29 is 27.8 Å². The number of piperazine rings is 1. The summed E-state index contributed by atoms with van der Waals surface area (Å²) in [5, 5.41) is 13.6. The molecule has 0 radical (unpaired) electrons. The molecular formula is C32H43F3N6O3. The van der Waals surface area contributed by atoms with E-state index >= 15 is 0 Å². The number of fused-ring (bicyclic) bond motifs is 1. The van der Waals surface area contributed by atoms with Gasteiger partial charge in [0, 0.05) is 68.2 Å². The number of aliphatic hydroxyl groups is 1. The van der Waals surface area contributed by atoms with Gasteiger partial charge in [0.2, 0.25) is 5.95 Å². The fourth-order valence-corrected chi connectivity index (χ4v) is 6.05. The molecule has 1 atom stereocenters. The molecule has 1 amide bonds. The summed E-state index contributed by atoms with van der Waals surface area (Å²) in [6.07, 6.45) is 0.920. The van der Waals surface area contributed by atoms with Crippen LogP contribution >= 0.6 is 0 Å². The Morgan fingerprint density at radius 1 is 1.07 bits per heavy atom. The van der Waals surface area contributed by atoms with E-state index in [4.69, 9.17) is 4.74 Å². The monoisotopic (exact) mass is 616 g/mol. The number of benzene rings is 1. The number of amides is 1. The zero-order chi connectivity index (χ0) is 31.6. The lowest BCUT2D eigenvalue weighted by atomic mass is 9.93. The molecule has 1 aromatic carbocycles. The summed E-state index contributed by atoms with van der Waals surface area (Å²) in [7, 11) is 0. The summed E-state index contributed by atoms with van der Waals surface area (Å²) < 4.78 is 45.7. The second kappa shape index (κ2) is 12.9. The van der Waals surface area contributed by atoms with E-state index in [-0.39, 0.29) is 36.8 Å². The Balaban J connectivity index is 1.33. The number of nitrogens with one attached hydrogen (secondary N) is 1. The van der Waals surface area contributed by atoms with Crippen LogP contribution in [0.4, 0.5) is 23.9 Å². The van der Waals surface area contributed by atoms with Crippen LogP contribution in [0.1, 0.15) is 77.4 Å². The van der Waals surface area contributed by atoms with Crippen molar-refractivity contribution in [2.75, 3.05) is 38.0 Å². The maximum Gasteiger partial charge on any atom is 0.410 e. The molecule has 1 aliphatic heterocycles. The quantitative estimate of drug-likeness (QED) is 0.311. The number of rotatable bonds is 7. The predicted octanol–water partition coefficient (Wildman–Crippen LogP) is 6.55. The van der Waals surface area contributed by atoms with Crippen LogP contribution in [-0.2, 0) is 4.74 Å². The van der Waals surface area contributed by atoms with Crippen molar-refractivity contribution in [3.63, 3.8) is 0 Å². The number of nitrogens with zero attached hydrogens (tertiary/aromatic N) is 5. The van der Waals surface area contributed by atoms with Crippen molar-refractivity contribution in [1.29, 1.82) is 0 Å². The van der Waals surface area contributed by atoms with Crippen LogP contribution in [0.2, 0.25) is 0 Å². The molecule has 2 N–H and O–H groups in total. The van der Waals surface area contributed by atoms with E-state index in [1.165, 1.54) is 0 Å². The van der Waals surface area contributed by atoms with Gasteiger partial charge in [-0.3, -0.25) is 4.90 Å². The Kier molecular flexibility index (Phi) is 9.41. The molecule has 0 bridgehead atoms. The number of hydrogen-bond donors (Lipinski definition) is 2. The first-order valence-corrected chi connectivity index (χ1v) is 15.5. The molecule has 5 rings (SSSR count). The highest BCUT2D eigenvalue weighted by Gasteiger charge is 2.29. The highest BCUT2D eigenvalue weighted by molar-refractivity contribution is 5.94. The van der Waals surface area contributed by atoms with Gasteiger partial charge in [0.05, 0.1) is 12.5 Å². The maximum absolute atomic E-state index is 12.7. The third-order valence-corrected chi connectivity index (χ3v) is 8.54. The second-order valence-electron chi connectivity index (χ2n) is 12.9. The van der Waals surface area contributed by atoms with E-state index < -0.39 is 18.2 Å². The van der Waals surface area contributed by atoms with Crippen molar-refractivity contribution >= 4 is 23.1 Å². The highest BCUT2D eigenvalue weighted by atomic mass is 19.4. The Labute approximate surface area is 256 Å². The first-order valence-electron chi connectivity index (χ1n) is 15.5. The lowest BCUT2D eigenvalue weighted by molar-refractivity contribution is -0.131. The SMILES string of the molecule is CC(c1ccc(-c2cn([C@H]3CC[C@H](O)CC3)c3nc(NCCC(F)(F)F)ncc23)cc1)N1CCN(C(=O)OC(C)(C)C)CC1. The Bertz CT molecular complexity index is 1420. The standard InChI is InChI=1S/C32H43F3N6O3/c1-21(39-15-17-40(18-16-39)30(43)44-31(2,3)4)22-5-7-23(8-6-22)27-20-41(24-9-11-25(42)12-10-24)28-26(27)19-37-29(38-28)36-14-13-32(33,34)35/h5-8,19-21,24-25,42H,9-18H2,1-4H3,(H,36,37,38)/t21?,24-,25-. The number of alkyl halides is 3. The molecule has 2 aromatic heterocycles. The van der Waals surface area contributed by atoms with Gasteiger partial charge in [-0.05, 0) is 64.5 Å². The van der Waals surface area contributed by atoms with Crippen LogP contribution in [0.15, 0.2) is 36.7 Å². The fraction of sp³-hybridized carbons (Fsp3) is 0.594. The number of anilines is 1. The van der Waals surface area contributed by atoms with Crippen LogP contribution in [0.25, 0.3) is 22.2 Å². The average Bonchev–Trinajstić information content (AvgIpc) is 3.35. The highest BCUT2D eigenvalue weighted by Crippen LogP contribution is 2.37. The molecule has 1 aliphatic carbocycles. The molecular weight excluding hydrogens is 573 g/mol. The van der Waals surface area contributed by atoms with Crippen LogP contribution in [0.5, 0.6) is 0 Å². The topological polar surface area (TPSA) is 95.7 Å². The number of hydrogen-bond acceptors (Lipinski definition) is 7. The fourth-order valence-electron chi connectivity index (χ4n) is 6.05. The molecule has 12 heteroatoms. The van der Waals surface area contributed by atoms with E-state index in [2.05, 4.69) is 62.1 Å². The minimum atomic E-state index is -4.26. The van der Waals surface area contributed by atoms with Crippen LogP contribution in [-0.4, -0.2) is 86.1 Å². The molecule has 2 aliphatic rings. The number of halogens is 3. The average molecular weight is 617 g/mol. The Hall–Kier alpha value is -3.38. The molecule has 0 spiro atoms. The Morgan fingerprint density at radius 3 is 2.34 bits per heavy atom. The van der Waals surface area contributed by atoms with E-state index in [9.17, 15) is 23.1 Å². The summed E-state index contributed by atoms with van der Waals surface area (Å²) >= 11 is 0. The summed E-state index contributed by atoms with van der Waals surface area (Å²) in [4.78, 5) is 25.6. The normalized spacial score (nSPS) is 21.0. The Morgan fingerprint density at radius 2 is 1.73 bits per heavy atom. The summed E-state index contributed by atoms with van der Waals surface area (Å²) in [6.45, 7) is 10.2. The lowest BCUT2D eigenvalue weighted by Crippen LogP contribution is -2.50. The van der Waals surface area contributed by atoms with Crippen molar-refractivity contribution in [3.05, 3.63) is 42.2 Å². The minimum absolute atomic E-state index is 0.131. The molecule has 240 valence electrons. The second-order valence-corrected chi connectivity index (χ2v) is 12.9. The van der Waals surface area contributed by atoms with Gasteiger partial charge in [-0.2, -0.15) is 18.2 Å². The lowest BCUT2D eigenvalue weighted by Gasteiger charge is -2.38. The predicted molar refractivity (Wildman–Crippen MR) is 163 cm³/mol. The zero-order valence-corrected chi connectivity index (χ0v) is 25.9. The molecule has 1 unspecified atom stereocenters. The molecule has 3 heterocycles. The third kappa shape index (κ3) is 7.82. The maximum atomic E-state index is 12.7. The zero-order valence-electron chi connectivity index (χ0n) is 25.9. The van der Waals surface area contributed by atoms with Gasteiger partial charge in [-0.25, -0.2) is 9.78 Å². The van der Waals surface area contributed by atoms with Crippen molar-refractivity contribution in [2.45, 2.75) is 89.8 Å². The molecule has 2 fully saturated rings. The van der Waals surface area contributed by atoms with E-state index in [1.807, 2.05) is 20.8 Å². The molecule has 9 nitrogen and oxygen atoms in total. The first kappa shape index (κ1) is 32.0. The van der Waals surface area contributed by atoms with Gasteiger partial charge >= 0.3 is 12.3 Å². The van der Waals surface area contributed by atoms with Gasteiger partial charge in [-0.15, -0.1) is 0 Å². The van der Waals surface area contributed by atoms with Crippen molar-refractivity contribution in [2.24, 2.45) is 0 Å². The number of carbonyl (C=O) groups excluding carboxylic acids is 1. The van der Waals surface area contributed by atoms with Gasteiger partial charge in [0.1, 0.15) is 11.2 Å². The molecule has 44 heavy (non-hydrogen) atoms. The first-order chi connectivity index (χ1) is 20.8. The molecule has 3 aromatic rings. The minimum Gasteiger partial charge on any atom is -0.444 e.